The number of hydrogen-bond acceptors (Lipinski definition) is 3. The van der Waals surface area contributed by atoms with Crippen LogP contribution in [0.3, 0.4) is 0 Å². The summed E-state index contributed by atoms with van der Waals surface area (Å²) in [6.07, 6.45) is 7.40. The van der Waals surface area contributed by atoms with Gasteiger partial charge in [0.25, 0.3) is 5.91 Å². The van der Waals surface area contributed by atoms with E-state index in [2.05, 4.69) is 26.7 Å². The van der Waals surface area contributed by atoms with Gasteiger partial charge in [-0.05, 0) is 69.4 Å². The molecule has 0 spiro atoms. The van der Waals surface area contributed by atoms with E-state index in [0.717, 1.165) is 43.4 Å². The van der Waals surface area contributed by atoms with Gasteiger partial charge in [-0.2, -0.15) is 0 Å². The monoisotopic (exact) mass is 354 g/mol. The lowest BCUT2D eigenvalue weighted by Crippen LogP contribution is -2.35. The molecule has 1 aliphatic heterocycles. The maximum atomic E-state index is 12.3. The molecule has 0 unspecified atom stereocenters. The van der Waals surface area contributed by atoms with Gasteiger partial charge >= 0.3 is 0 Å². The summed E-state index contributed by atoms with van der Waals surface area (Å²) in [6.45, 7) is 9.32. The normalized spacial score (nSPS) is 15.9. The zero-order valence-corrected chi connectivity index (χ0v) is 15.9. The summed E-state index contributed by atoms with van der Waals surface area (Å²) >= 11 is 0. The van der Waals surface area contributed by atoms with Crippen LogP contribution < -0.4 is 5.32 Å². The SMILES string of the molecule is Cc1nccn1Cc1ccc(C(=O)NCCCN2CCC(C)CC2)cc1. The standard InChI is InChI=1S/C21H30N4O/c1-17-8-13-24(14-9-17)12-3-10-23-21(26)20-6-4-19(5-7-20)16-25-15-11-22-18(25)2/h4-7,11,15,17H,3,8-10,12-14,16H2,1-2H3,(H,23,26). The summed E-state index contributed by atoms with van der Waals surface area (Å²) in [4.78, 5) is 19.0. The Hall–Kier alpha value is -2.14. The first-order chi connectivity index (χ1) is 12.6. The topological polar surface area (TPSA) is 50.2 Å². The molecule has 26 heavy (non-hydrogen) atoms. The van der Waals surface area contributed by atoms with Crippen molar-refractivity contribution in [2.24, 2.45) is 5.92 Å². The highest BCUT2D eigenvalue weighted by Crippen LogP contribution is 2.15. The highest BCUT2D eigenvalue weighted by molar-refractivity contribution is 5.94. The predicted octanol–water partition coefficient (Wildman–Crippen LogP) is 3.09. The molecule has 2 aromatic rings. The smallest absolute Gasteiger partial charge is 0.251 e. The van der Waals surface area contributed by atoms with E-state index in [1.165, 1.54) is 31.5 Å². The Bertz CT molecular complexity index is 699. The molecule has 1 aromatic carbocycles. The number of carbonyl (C=O) groups excluding carboxylic acids is 1. The summed E-state index contributed by atoms with van der Waals surface area (Å²) in [6, 6.07) is 7.85. The van der Waals surface area contributed by atoms with Crippen LogP contribution in [0.2, 0.25) is 0 Å². The number of benzene rings is 1. The van der Waals surface area contributed by atoms with Gasteiger partial charge in [-0.15, -0.1) is 0 Å². The van der Waals surface area contributed by atoms with Gasteiger partial charge in [-0.3, -0.25) is 4.79 Å². The van der Waals surface area contributed by atoms with Crippen LogP contribution in [-0.4, -0.2) is 46.5 Å². The van der Waals surface area contributed by atoms with E-state index in [1.807, 2.05) is 43.6 Å². The van der Waals surface area contributed by atoms with Crippen molar-refractivity contribution in [1.82, 2.24) is 19.8 Å². The number of carbonyl (C=O) groups is 1. The summed E-state index contributed by atoms with van der Waals surface area (Å²) in [7, 11) is 0. The molecule has 5 nitrogen and oxygen atoms in total. The summed E-state index contributed by atoms with van der Waals surface area (Å²) < 4.78 is 2.09. The lowest BCUT2D eigenvalue weighted by atomic mass is 9.99. The van der Waals surface area contributed by atoms with Crippen LogP contribution in [0.4, 0.5) is 0 Å². The molecule has 1 fully saturated rings. The number of amides is 1. The van der Waals surface area contributed by atoms with Gasteiger partial charge < -0.3 is 14.8 Å². The molecule has 1 saturated heterocycles. The van der Waals surface area contributed by atoms with E-state index in [4.69, 9.17) is 0 Å². The number of rotatable bonds is 7. The van der Waals surface area contributed by atoms with Gasteiger partial charge in [0.05, 0.1) is 0 Å². The Kier molecular flexibility index (Phi) is 6.45. The number of nitrogens with zero attached hydrogens (tertiary/aromatic N) is 3. The Morgan fingerprint density at radius 1 is 1.23 bits per heavy atom. The molecule has 1 amide bonds. The van der Waals surface area contributed by atoms with Gasteiger partial charge in [0.15, 0.2) is 0 Å². The highest BCUT2D eigenvalue weighted by Gasteiger charge is 2.15. The average Bonchev–Trinajstić information content (AvgIpc) is 3.05. The second-order valence-corrected chi connectivity index (χ2v) is 7.43. The third-order valence-corrected chi connectivity index (χ3v) is 5.31. The van der Waals surface area contributed by atoms with Crippen molar-refractivity contribution in [2.75, 3.05) is 26.2 Å². The van der Waals surface area contributed by atoms with Crippen molar-refractivity contribution in [2.45, 2.75) is 39.7 Å². The van der Waals surface area contributed by atoms with Gasteiger partial charge in [0, 0.05) is 31.0 Å². The molecule has 2 heterocycles. The average molecular weight is 354 g/mol. The first-order valence-electron chi connectivity index (χ1n) is 9.69. The van der Waals surface area contributed by atoms with Gasteiger partial charge in [-0.25, -0.2) is 4.98 Å². The summed E-state index contributed by atoms with van der Waals surface area (Å²) in [5.41, 5.74) is 1.89. The summed E-state index contributed by atoms with van der Waals surface area (Å²) in [5, 5.41) is 3.04. The van der Waals surface area contributed by atoms with Crippen LogP contribution in [0.5, 0.6) is 0 Å². The van der Waals surface area contributed by atoms with Crippen molar-refractivity contribution in [1.29, 1.82) is 0 Å². The Balaban J connectivity index is 1.40. The number of aryl methyl sites for hydroxylation is 1. The van der Waals surface area contributed by atoms with Crippen LogP contribution in [0.15, 0.2) is 36.7 Å². The molecular weight excluding hydrogens is 324 g/mol. The van der Waals surface area contributed by atoms with Crippen LogP contribution in [0.1, 0.15) is 47.9 Å². The van der Waals surface area contributed by atoms with E-state index in [9.17, 15) is 4.79 Å². The third-order valence-electron chi connectivity index (χ3n) is 5.31. The molecule has 1 aromatic heterocycles. The molecular formula is C21H30N4O. The maximum absolute atomic E-state index is 12.3. The quantitative estimate of drug-likeness (QED) is 0.778. The third kappa shape index (κ3) is 5.18. The molecule has 0 atom stereocenters. The van der Waals surface area contributed by atoms with Gasteiger partial charge in [-0.1, -0.05) is 19.1 Å². The molecule has 3 rings (SSSR count). The van der Waals surface area contributed by atoms with Crippen LogP contribution in [0.25, 0.3) is 0 Å². The number of nitrogens with one attached hydrogen (secondary N) is 1. The van der Waals surface area contributed by atoms with Crippen LogP contribution >= 0.6 is 0 Å². The Morgan fingerprint density at radius 2 is 1.96 bits per heavy atom. The van der Waals surface area contributed by atoms with E-state index in [1.54, 1.807) is 0 Å². The molecule has 5 heteroatoms. The molecule has 0 aliphatic carbocycles. The highest BCUT2D eigenvalue weighted by atomic mass is 16.1. The largest absolute Gasteiger partial charge is 0.352 e. The fourth-order valence-electron chi connectivity index (χ4n) is 3.42. The van der Waals surface area contributed by atoms with Gasteiger partial charge in [0.1, 0.15) is 5.82 Å². The second kappa shape index (κ2) is 8.99. The minimum absolute atomic E-state index is 0.0163. The van der Waals surface area contributed by atoms with E-state index in [0.29, 0.717) is 0 Å². The fourth-order valence-corrected chi connectivity index (χ4v) is 3.42. The number of aromatic nitrogens is 2. The van der Waals surface area contributed by atoms with E-state index >= 15 is 0 Å². The first-order valence-corrected chi connectivity index (χ1v) is 9.69. The van der Waals surface area contributed by atoms with Crippen molar-refractivity contribution in [3.05, 3.63) is 53.6 Å². The van der Waals surface area contributed by atoms with Crippen molar-refractivity contribution >= 4 is 5.91 Å². The number of piperidine rings is 1. The Morgan fingerprint density at radius 3 is 2.62 bits per heavy atom. The fraction of sp³-hybridized carbons (Fsp3) is 0.524. The van der Waals surface area contributed by atoms with Crippen molar-refractivity contribution in [3.8, 4) is 0 Å². The Labute approximate surface area is 156 Å². The lowest BCUT2D eigenvalue weighted by Gasteiger charge is -2.30. The van der Waals surface area contributed by atoms with E-state index in [-0.39, 0.29) is 5.91 Å². The van der Waals surface area contributed by atoms with Gasteiger partial charge in [0.2, 0.25) is 0 Å². The van der Waals surface area contributed by atoms with Crippen molar-refractivity contribution in [3.63, 3.8) is 0 Å². The van der Waals surface area contributed by atoms with Crippen LogP contribution in [0, 0.1) is 12.8 Å². The van der Waals surface area contributed by atoms with Crippen LogP contribution in [-0.2, 0) is 6.54 Å². The lowest BCUT2D eigenvalue weighted by molar-refractivity contribution is 0.0950. The minimum Gasteiger partial charge on any atom is -0.352 e. The molecule has 1 N–H and O–H groups in total. The van der Waals surface area contributed by atoms with E-state index < -0.39 is 0 Å². The number of imidazole rings is 1. The molecule has 1 aliphatic rings. The number of likely N-dealkylation sites (tertiary alicyclic amines) is 1. The molecule has 140 valence electrons. The minimum atomic E-state index is 0.0163. The zero-order valence-electron chi connectivity index (χ0n) is 15.9. The second-order valence-electron chi connectivity index (χ2n) is 7.43. The summed E-state index contributed by atoms with van der Waals surface area (Å²) in [5.74, 6) is 1.88. The van der Waals surface area contributed by atoms with Crippen molar-refractivity contribution < 1.29 is 4.79 Å². The zero-order chi connectivity index (χ0) is 18.4. The molecule has 0 bridgehead atoms. The maximum Gasteiger partial charge on any atom is 0.251 e. The molecule has 0 saturated carbocycles. The first kappa shape index (κ1) is 18.6. The molecule has 0 radical (unpaired) electrons. The predicted molar refractivity (Wildman–Crippen MR) is 104 cm³/mol. The number of hydrogen-bond donors (Lipinski definition) is 1.